The van der Waals surface area contributed by atoms with Crippen molar-refractivity contribution < 1.29 is 5.11 Å². The Morgan fingerprint density at radius 3 is 2.40 bits per heavy atom. The molecule has 1 saturated carbocycles. The minimum atomic E-state index is -0.614. The fourth-order valence-corrected chi connectivity index (χ4v) is 2.57. The van der Waals surface area contributed by atoms with Crippen molar-refractivity contribution >= 4 is 17.8 Å². The van der Waals surface area contributed by atoms with Crippen LogP contribution in [0.25, 0.3) is 0 Å². The molecular weight excluding hydrogens is 258 g/mol. The van der Waals surface area contributed by atoms with Crippen LogP contribution >= 0.6 is 0 Å². The number of rotatable bonds is 5. The van der Waals surface area contributed by atoms with Crippen molar-refractivity contribution in [3.63, 3.8) is 0 Å². The van der Waals surface area contributed by atoms with Crippen LogP contribution in [0.3, 0.4) is 0 Å². The van der Waals surface area contributed by atoms with Gasteiger partial charge in [0.2, 0.25) is 17.8 Å². The van der Waals surface area contributed by atoms with E-state index in [-0.39, 0.29) is 0 Å². The molecule has 5 N–H and O–H groups in total. The van der Waals surface area contributed by atoms with Gasteiger partial charge in [0, 0.05) is 19.6 Å². The van der Waals surface area contributed by atoms with Crippen LogP contribution in [-0.2, 0) is 0 Å². The van der Waals surface area contributed by atoms with Gasteiger partial charge >= 0.3 is 0 Å². The van der Waals surface area contributed by atoms with E-state index in [2.05, 4.69) is 30.6 Å². The van der Waals surface area contributed by atoms with Crippen LogP contribution in [0.2, 0.25) is 0 Å². The molecule has 0 aromatic carbocycles. The van der Waals surface area contributed by atoms with Crippen molar-refractivity contribution in [1.82, 2.24) is 15.0 Å². The molecule has 110 valence electrons. The third-order valence-electron chi connectivity index (χ3n) is 4.00. The molecule has 2 heterocycles. The normalized spacial score (nSPS) is 20.6. The number of nitrogens with two attached hydrogens (primary N) is 1. The van der Waals surface area contributed by atoms with Crippen LogP contribution in [0, 0.1) is 0 Å². The Morgan fingerprint density at radius 2 is 1.80 bits per heavy atom. The van der Waals surface area contributed by atoms with E-state index in [1.807, 2.05) is 0 Å². The quantitative estimate of drug-likeness (QED) is 0.443. The molecule has 2 aliphatic rings. The molecule has 2 fully saturated rings. The molecule has 1 saturated heterocycles. The number of nitrogen functional groups attached to an aromatic ring is 1. The maximum absolute atomic E-state index is 10.1. The first-order valence-electron chi connectivity index (χ1n) is 7.12. The smallest absolute Gasteiger partial charge is 0.243 e. The second-order valence-corrected chi connectivity index (χ2v) is 5.55. The Morgan fingerprint density at radius 1 is 1.10 bits per heavy atom. The number of hydrogen-bond donors (Lipinski definition) is 4. The molecule has 0 amide bonds. The molecule has 8 nitrogen and oxygen atoms in total. The largest absolute Gasteiger partial charge is 0.388 e. The maximum atomic E-state index is 10.1. The van der Waals surface area contributed by atoms with Gasteiger partial charge in [0.05, 0.1) is 5.60 Å². The second-order valence-electron chi connectivity index (χ2n) is 5.55. The minimum Gasteiger partial charge on any atom is -0.388 e. The molecule has 1 aromatic rings. The van der Waals surface area contributed by atoms with E-state index in [1.165, 1.54) is 0 Å². The van der Waals surface area contributed by atoms with E-state index in [9.17, 15) is 5.11 Å². The topological polar surface area (TPSA) is 112 Å². The predicted molar refractivity (Wildman–Crippen MR) is 76.4 cm³/mol. The summed E-state index contributed by atoms with van der Waals surface area (Å²) in [5.74, 6) is 6.83. The lowest BCUT2D eigenvalue weighted by Crippen LogP contribution is -2.43. The third-order valence-corrected chi connectivity index (χ3v) is 4.00. The summed E-state index contributed by atoms with van der Waals surface area (Å²) in [7, 11) is 0. The van der Waals surface area contributed by atoms with Crippen molar-refractivity contribution in [3.05, 3.63) is 0 Å². The lowest BCUT2D eigenvalue weighted by molar-refractivity contribution is -0.0203. The number of hydrazine groups is 1. The van der Waals surface area contributed by atoms with Gasteiger partial charge in [0.1, 0.15) is 0 Å². The number of aliphatic hydroxyl groups is 1. The summed E-state index contributed by atoms with van der Waals surface area (Å²) in [5, 5.41) is 13.2. The van der Waals surface area contributed by atoms with E-state index in [0.29, 0.717) is 24.4 Å². The molecule has 1 aromatic heterocycles. The predicted octanol–water partition coefficient (Wildman–Crippen LogP) is 0.0843. The Bertz CT molecular complexity index is 471. The van der Waals surface area contributed by atoms with E-state index >= 15 is 0 Å². The molecule has 20 heavy (non-hydrogen) atoms. The molecule has 1 aliphatic carbocycles. The zero-order valence-electron chi connectivity index (χ0n) is 11.5. The molecule has 1 aliphatic heterocycles. The lowest BCUT2D eigenvalue weighted by atomic mass is 9.80. The summed E-state index contributed by atoms with van der Waals surface area (Å²) < 4.78 is 0. The minimum absolute atomic E-state index is 0.338. The van der Waals surface area contributed by atoms with Crippen molar-refractivity contribution in [1.29, 1.82) is 0 Å². The first kappa shape index (κ1) is 13.3. The Kier molecular flexibility index (Phi) is 3.58. The van der Waals surface area contributed by atoms with Gasteiger partial charge in [-0.2, -0.15) is 15.0 Å². The van der Waals surface area contributed by atoms with Gasteiger partial charge < -0.3 is 15.3 Å². The van der Waals surface area contributed by atoms with E-state index in [1.54, 1.807) is 0 Å². The van der Waals surface area contributed by atoms with E-state index in [0.717, 1.165) is 45.2 Å². The summed E-state index contributed by atoms with van der Waals surface area (Å²) in [6.45, 7) is 2.37. The Balaban J connectivity index is 1.73. The fourth-order valence-electron chi connectivity index (χ4n) is 2.57. The number of anilines is 3. The van der Waals surface area contributed by atoms with Crippen molar-refractivity contribution in [3.8, 4) is 0 Å². The molecule has 0 unspecified atom stereocenters. The van der Waals surface area contributed by atoms with Gasteiger partial charge in [0.25, 0.3) is 0 Å². The molecule has 0 bridgehead atoms. The van der Waals surface area contributed by atoms with Crippen LogP contribution in [-0.4, -0.2) is 45.3 Å². The summed E-state index contributed by atoms with van der Waals surface area (Å²) in [4.78, 5) is 15.0. The summed E-state index contributed by atoms with van der Waals surface area (Å²) in [6.07, 6.45) is 5.03. The summed E-state index contributed by atoms with van der Waals surface area (Å²) in [6, 6.07) is 0. The zero-order chi connectivity index (χ0) is 14.0. The van der Waals surface area contributed by atoms with Gasteiger partial charge in [-0.1, -0.05) is 0 Å². The van der Waals surface area contributed by atoms with E-state index < -0.39 is 5.60 Å². The maximum Gasteiger partial charge on any atom is 0.243 e. The fraction of sp³-hybridized carbons (Fsp3) is 0.750. The number of nitrogens with one attached hydrogen (secondary N) is 2. The van der Waals surface area contributed by atoms with Crippen LogP contribution < -0.4 is 21.5 Å². The lowest BCUT2D eigenvalue weighted by Gasteiger charge is -2.36. The monoisotopic (exact) mass is 279 g/mol. The van der Waals surface area contributed by atoms with Gasteiger partial charge in [0.15, 0.2) is 0 Å². The van der Waals surface area contributed by atoms with Crippen LogP contribution in [0.15, 0.2) is 0 Å². The highest BCUT2D eigenvalue weighted by molar-refractivity contribution is 5.44. The molecule has 8 heteroatoms. The Labute approximate surface area is 117 Å². The second kappa shape index (κ2) is 5.37. The molecule has 3 rings (SSSR count). The Hall–Kier alpha value is -1.67. The van der Waals surface area contributed by atoms with Crippen LogP contribution in [0.5, 0.6) is 0 Å². The highest BCUT2D eigenvalue weighted by Crippen LogP contribution is 2.31. The molecule has 0 atom stereocenters. The zero-order valence-corrected chi connectivity index (χ0v) is 11.5. The molecular formula is C12H21N7O. The molecule has 0 radical (unpaired) electrons. The van der Waals surface area contributed by atoms with Gasteiger partial charge in [-0.25, -0.2) is 5.84 Å². The number of aromatic nitrogens is 3. The first-order valence-corrected chi connectivity index (χ1v) is 7.12. The highest BCUT2D eigenvalue weighted by Gasteiger charge is 2.34. The van der Waals surface area contributed by atoms with Crippen molar-refractivity contribution in [2.24, 2.45) is 5.84 Å². The highest BCUT2D eigenvalue weighted by atomic mass is 16.3. The van der Waals surface area contributed by atoms with Crippen LogP contribution in [0.4, 0.5) is 17.8 Å². The average Bonchev–Trinajstić information content (AvgIpc) is 2.97. The van der Waals surface area contributed by atoms with Crippen LogP contribution in [0.1, 0.15) is 32.1 Å². The number of hydrogen-bond acceptors (Lipinski definition) is 8. The summed E-state index contributed by atoms with van der Waals surface area (Å²) in [5.41, 5.74) is 1.85. The standard InChI is InChI=1S/C12H21N7O/c13-18-10-15-9(14-8-12(20)4-3-5-12)16-11(17-10)19-6-1-2-7-19/h20H,1-8,13H2,(H2,14,15,16,17,18). The first-order chi connectivity index (χ1) is 9.68. The van der Waals surface area contributed by atoms with Gasteiger partial charge in [-0.3, -0.25) is 5.43 Å². The van der Waals surface area contributed by atoms with Gasteiger partial charge in [-0.15, -0.1) is 0 Å². The van der Waals surface area contributed by atoms with Gasteiger partial charge in [-0.05, 0) is 32.1 Å². The number of nitrogens with zero attached hydrogens (tertiary/aromatic N) is 4. The van der Waals surface area contributed by atoms with Crippen molar-refractivity contribution in [2.45, 2.75) is 37.7 Å². The molecule has 0 spiro atoms. The third kappa shape index (κ3) is 2.75. The van der Waals surface area contributed by atoms with E-state index in [4.69, 9.17) is 5.84 Å². The average molecular weight is 279 g/mol. The summed E-state index contributed by atoms with van der Waals surface area (Å²) >= 11 is 0. The SMILES string of the molecule is NNc1nc(NCC2(O)CCC2)nc(N2CCCC2)n1. The van der Waals surface area contributed by atoms with Crippen molar-refractivity contribution in [2.75, 3.05) is 35.3 Å².